The Balaban J connectivity index is 2.23. The predicted octanol–water partition coefficient (Wildman–Crippen LogP) is 0.615. The van der Waals surface area contributed by atoms with Gasteiger partial charge in [0, 0.05) is 26.2 Å². The molecule has 22 heavy (non-hydrogen) atoms. The minimum atomic E-state index is -3.54. The van der Waals surface area contributed by atoms with Crippen molar-refractivity contribution in [2.24, 2.45) is 0 Å². The summed E-state index contributed by atoms with van der Waals surface area (Å²) in [6.45, 7) is 4.53. The van der Waals surface area contributed by atoms with Crippen LogP contribution >= 0.6 is 0 Å². The number of likely N-dealkylation sites (N-methyl/N-ethyl adjacent to an activating group) is 1. The molecule has 1 fully saturated rings. The molecule has 0 bridgehead atoms. The monoisotopic (exact) mass is 325 g/mol. The molecule has 0 N–H and O–H groups in total. The van der Waals surface area contributed by atoms with Crippen molar-refractivity contribution in [2.45, 2.75) is 13.0 Å². The fraction of sp³-hybridized carbons (Fsp3) is 0.533. The number of piperazine rings is 1. The maximum atomic E-state index is 12.7. The van der Waals surface area contributed by atoms with Crippen molar-refractivity contribution in [1.82, 2.24) is 9.80 Å². The highest BCUT2D eigenvalue weighted by Gasteiger charge is 2.32. The molecule has 7 heteroatoms. The third kappa shape index (κ3) is 3.78. The van der Waals surface area contributed by atoms with E-state index < -0.39 is 16.1 Å². The van der Waals surface area contributed by atoms with E-state index in [1.165, 1.54) is 4.31 Å². The Morgan fingerprint density at radius 3 is 2.18 bits per heavy atom. The summed E-state index contributed by atoms with van der Waals surface area (Å²) in [5.74, 6) is -0.151. The van der Waals surface area contributed by atoms with Crippen molar-refractivity contribution >= 4 is 21.6 Å². The van der Waals surface area contributed by atoms with Crippen molar-refractivity contribution in [1.29, 1.82) is 0 Å². The number of amides is 1. The van der Waals surface area contributed by atoms with Gasteiger partial charge in [0.25, 0.3) is 0 Å². The second-order valence-corrected chi connectivity index (χ2v) is 7.56. The number of hydrogen-bond donors (Lipinski definition) is 0. The first-order valence-corrected chi connectivity index (χ1v) is 9.17. The summed E-state index contributed by atoms with van der Waals surface area (Å²) in [6, 6.07) is 8.00. The molecular weight excluding hydrogens is 302 g/mol. The zero-order valence-corrected chi connectivity index (χ0v) is 14.1. The van der Waals surface area contributed by atoms with Crippen molar-refractivity contribution in [3.8, 4) is 0 Å². The highest BCUT2D eigenvalue weighted by Crippen LogP contribution is 2.21. The van der Waals surface area contributed by atoms with Gasteiger partial charge in [-0.3, -0.25) is 9.10 Å². The zero-order valence-electron chi connectivity index (χ0n) is 13.3. The Morgan fingerprint density at radius 2 is 1.68 bits per heavy atom. The van der Waals surface area contributed by atoms with Gasteiger partial charge in [0.15, 0.2) is 0 Å². The van der Waals surface area contributed by atoms with Gasteiger partial charge in [-0.15, -0.1) is 0 Å². The van der Waals surface area contributed by atoms with Crippen LogP contribution in [0.2, 0.25) is 0 Å². The highest BCUT2D eigenvalue weighted by molar-refractivity contribution is 7.92. The predicted molar refractivity (Wildman–Crippen MR) is 87.3 cm³/mol. The van der Waals surface area contributed by atoms with E-state index in [-0.39, 0.29) is 5.91 Å². The van der Waals surface area contributed by atoms with Crippen LogP contribution in [-0.2, 0) is 14.8 Å². The van der Waals surface area contributed by atoms with Crippen molar-refractivity contribution < 1.29 is 13.2 Å². The van der Waals surface area contributed by atoms with E-state index in [0.717, 1.165) is 19.3 Å². The van der Waals surface area contributed by atoms with Crippen LogP contribution in [0.5, 0.6) is 0 Å². The fourth-order valence-corrected chi connectivity index (χ4v) is 3.84. The number of carbonyl (C=O) groups is 1. The molecule has 6 nitrogen and oxygen atoms in total. The Labute approximate surface area is 132 Å². The summed E-state index contributed by atoms with van der Waals surface area (Å²) in [6.07, 6.45) is 1.13. The van der Waals surface area contributed by atoms with Gasteiger partial charge >= 0.3 is 0 Å². The molecular formula is C15H23N3O3S. The molecule has 1 aliphatic rings. The van der Waals surface area contributed by atoms with Crippen LogP contribution in [0, 0.1) is 0 Å². The lowest BCUT2D eigenvalue weighted by Gasteiger charge is -2.36. The normalized spacial score (nSPS) is 18.0. The van der Waals surface area contributed by atoms with Crippen molar-refractivity contribution in [2.75, 3.05) is 43.8 Å². The number of sulfonamides is 1. The Morgan fingerprint density at radius 1 is 1.14 bits per heavy atom. The lowest BCUT2D eigenvalue weighted by Crippen LogP contribution is -2.54. The zero-order chi connectivity index (χ0) is 16.3. The number of benzene rings is 1. The molecule has 2 rings (SSSR count). The van der Waals surface area contributed by atoms with Gasteiger partial charge in [0.05, 0.1) is 11.9 Å². The summed E-state index contributed by atoms with van der Waals surface area (Å²) in [5.41, 5.74) is 0.514. The second kappa shape index (κ2) is 6.66. The summed E-state index contributed by atoms with van der Waals surface area (Å²) in [5, 5.41) is 0. The molecule has 1 aromatic carbocycles. The Hall–Kier alpha value is -1.60. The van der Waals surface area contributed by atoms with Gasteiger partial charge in [-0.2, -0.15) is 0 Å². The molecule has 1 aromatic rings. The van der Waals surface area contributed by atoms with Crippen LogP contribution in [0.1, 0.15) is 6.92 Å². The van der Waals surface area contributed by atoms with Crippen LogP contribution in [-0.4, -0.2) is 69.6 Å². The molecule has 1 heterocycles. The lowest BCUT2D eigenvalue weighted by atomic mass is 10.2. The van der Waals surface area contributed by atoms with Gasteiger partial charge in [-0.05, 0) is 26.1 Å². The first-order valence-electron chi connectivity index (χ1n) is 7.32. The third-order valence-corrected chi connectivity index (χ3v) is 5.13. The van der Waals surface area contributed by atoms with E-state index in [1.807, 2.05) is 13.1 Å². The minimum Gasteiger partial charge on any atom is -0.338 e. The average molecular weight is 325 g/mol. The molecule has 0 radical (unpaired) electrons. The van der Waals surface area contributed by atoms with Gasteiger partial charge in [0.2, 0.25) is 15.9 Å². The highest BCUT2D eigenvalue weighted by atomic mass is 32.2. The van der Waals surface area contributed by atoms with Gasteiger partial charge < -0.3 is 9.80 Å². The van der Waals surface area contributed by atoms with Gasteiger partial charge in [-0.1, -0.05) is 18.2 Å². The minimum absolute atomic E-state index is 0.151. The first kappa shape index (κ1) is 16.8. The van der Waals surface area contributed by atoms with Crippen LogP contribution in [0.3, 0.4) is 0 Å². The van der Waals surface area contributed by atoms with Crippen molar-refractivity contribution in [3.05, 3.63) is 30.3 Å². The lowest BCUT2D eigenvalue weighted by molar-refractivity contribution is -0.133. The number of anilines is 1. The van der Waals surface area contributed by atoms with E-state index in [2.05, 4.69) is 4.90 Å². The fourth-order valence-electron chi connectivity index (χ4n) is 2.67. The van der Waals surface area contributed by atoms with Crippen LogP contribution in [0.15, 0.2) is 30.3 Å². The number of hydrogen-bond acceptors (Lipinski definition) is 4. The molecule has 1 amide bonds. The quantitative estimate of drug-likeness (QED) is 0.814. The number of para-hydroxylation sites is 1. The topological polar surface area (TPSA) is 60.9 Å². The van der Waals surface area contributed by atoms with Crippen molar-refractivity contribution in [3.63, 3.8) is 0 Å². The Bertz CT molecular complexity index is 610. The summed E-state index contributed by atoms with van der Waals surface area (Å²) < 4.78 is 25.5. The number of carbonyl (C=O) groups excluding carboxylic acids is 1. The van der Waals surface area contributed by atoms with Gasteiger partial charge in [0.1, 0.15) is 6.04 Å². The molecule has 0 unspecified atom stereocenters. The smallest absolute Gasteiger partial charge is 0.246 e. The van der Waals surface area contributed by atoms with E-state index in [4.69, 9.17) is 0 Å². The second-order valence-electron chi connectivity index (χ2n) is 5.70. The van der Waals surface area contributed by atoms with Gasteiger partial charge in [-0.25, -0.2) is 8.42 Å². The standard InChI is InChI=1S/C15H23N3O3S/c1-13(15(19)17-11-9-16(2)10-12-17)18(22(3,20)21)14-7-5-4-6-8-14/h4-8,13H,9-12H2,1-3H3/t13-/m1/s1. The summed E-state index contributed by atoms with van der Waals surface area (Å²) >= 11 is 0. The molecule has 1 saturated heterocycles. The van der Waals surface area contributed by atoms with E-state index in [9.17, 15) is 13.2 Å². The maximum absolute atomic E-state index is 12.7. The van der Waals surface area contributed by atoms with Crippen LogP contribution in [0.25, 0.3) is 0 Å². The molecule has 1 aliphatic heterocycles. The Kier molecular flexibility index (Phi) is 5.08. The largest absolute Gasteiger partial charge is 0.338 e. The summed E-state index contributed by atoms with van der Waals surface area (Å²) in [7, 11) is -1.52. The first-order chi connectivity index (χ1) is 10.3. The third-order valence-electron chi connectivity index (χ3n) is 3.89. The molecule has 0 aliphatic carbocycles. The van der Waals surface area contributed by atoms with E-state index in [0.29, 0.717) is 18.8 Å². The molecule has 0 saturated carbocycles. The SMILES string of the molecule is C[C@H](C(=O)N1CCN(C)CC1)N(c1ccccc1)S(C)(=O)=O. The summed E-state index contributed by atoms with van der Waals surface area (Å²) in [4.78, 5) is 16.6. The van der Waals surface area contributed by atoms with E-state index in [1.54, 1.807) is 36.1 Å². The molecule has 122 valence electrons. The van der Waals surface area contributed by atoms with Crippen LogP contribution < -0.4 is 4.31 Å². The van der Waals surface area contributed by atoms with Crippen LogP contribution in [0.4, 0.5) is 5.69 Å². The molecule has 1 atom stereocenters. The number of nitrogens with zero attached hydrogens (tertiary/aromatic N) is 3. The number of rotatable bonds is 4. The maximum Gasteiger partial charge on any atom is 0.246 e. The van der Waals surface area contributed by atoms with E-state index >= 15 is 0 Å². The molecule has 0 spiro atoms. The average Bonchev–Trinajstić information content (AvgIpc) is 2.47. The molecule has 0 aromatic heterocycles.